The minimum Gasteiger partial charge on any atom is -0.375 e. The average molecular weight is 226 g/mol. The molecular weight excluding hydrogens is 204 g/mol. The summed E-state index contributed by atoms with van der Waals surface area (Å²) in [5.74, 6) is -0.165. The van der Waals surface area contributed by atoms with Crippen LogP contribution in [0.4, 0.5) is 0 Å². The smallest absolute Gasteiger partial charge is 0.234 e. The van der Waals surface area contributed by atoms with Crippen LogP contribution in [0.2, 0.25) is 0 Å². The highest BCUT2D eigenvalue weighted by molar-refractivity contribution is 5.79. The zero-order valence-electron chi connectivity index (χ0n) is 9.78. The molecule has 2 atom stereocenters. The zero-order chi connectivity index (χ0) is 11.6. The van der Waals surface area contributed by atoms with E-state index in [-0.39, 0.29) is 17.4 Å². The Kier molecular flexibility index (Phi) is 3.50. The van der Waals surface area contributed by atoms with E-state index in [0.717, 1.165) is 32.3 Å². The lowest BCUT2D eigenvalue weighted by Gasteiger charge is -2.44. The minimum atomic E-state index is -0.497. The van der Waals surface area contributed by atoms with Crippen LogP contribution in [0, 0.1) is 5.92 Å². The van der Waals surface area contributed by atoms with Crippen molar-refractivity contribution >= 4 is 5.91 Å². The lowest BCUT2D eigenvalue weighted by molar-refractivity contribution is -0.132. The maximum absolute atomic E-state index is 11.1. The number of ether oxygens (including phenoxy) is 1. The molecule has 92 valence electrons. The Morgan fingerprint density at radius 2 is 2.00 bits per heavy atom. The first kappa shape index (κ1) is 11.9. The summed E-state index contributed by atoms with van der Waals surface area (Å²) in [4.78, 5) is 11.1. The number of carbonyl (C=O) groups is 1. The molecule has 1 saturated carbocycles. The topological polar surface area (TPSA) is 78.3 Å². The fourth-order valence-corrected chi connectivity index (χ4v) is 3.15. The highest BCUT2D eigenvalue weighted by Gasteiger charge is 2.41. The minimum absolute atomic E-state index is 0.00817. The van der Waals surface area contributed by atoms with Crippen LogP contribution in [0.1, 0.15) is 44.9 Å². The highest BCUT2D eigenvalue weighted by Crippen LogP contribution is 2.41. The van der Waals surface area contributed by atoms with Gasteiger partial charge in [-0.3, -0.25) is 4.79 Å². The van der Waals surface area contributed by atoms with Gasteiger partial charge in [0.15, 0.2) is 0 Å². The van der Waals surface area contributed by atoms with Gasteiger partial charge in [-0.15, -0.1) is 0 Å². The summed E-state index contributed by atoms with van der Waals surface area (Å²) in [5, 5.41) is 0. The van der Waals surface area contributed by atoms with E-state index >= 15 is 0 Å². The van der Waals surface area contributed by atoms with Crippen LogP contribution in [-0.2, 0) is 9.53 Å². The molecule has 2 aliphatic rings. The second-order valence-corrected chi connectivity index (χ2v) is 5.27. The van der Waals surface area contributed by atoms with Crippen molar-refractivity contribution in [3.8, 4) is 0 Å². The summed E-state index contributed by atoms with van der Waals surface area (Å²) in [5.41, 5.74) is 11.1. The summed E-state index contributed by atoms with van der Waals surface area (Å²) in [6.07, 6.45) is 7.79. The molecule has 4 heteroatoms. The molecular formula is C12H22N2O2. The van der Waals surface area contributed by atoms with Crippen molar-refractivity contribution in [1.82, 2.24) is 0 Å². The Bertz CT molecular complexity index is 256. The first-order valence-electron chi connectivity index (χ1n) is 6.32. The zero-order valence-corrected chi connectivity index (χ0v) is 9.78. The second-order valence-electron chi connectivity index (χ2n) is 5.27. The lowest BCUT2D eigenvalue weighted by Crippen LogP contribution is -2.50. The van der Waals surface area contributed by atoms with Crippen molar-refractivity contribution in [3.05, 3.63) is 0 Å². The molecule has 0 aromatic rings. The molecule has 1 aliphatic carbocycles. The second kappa shape index (κ2) is 4.72. The van der Waals surface area contributed by atoms with Gasteiger partial charge < -0.3 is 16.2 Å². The maximum atomic E-state index is 11.1. The molecule has 1 aliphatic heterocycles. The highest BCUT2D eigenvalue weighted by atomic mass is 16.5. The first-order chi connectivity index (χ1) is 7.63. The Morgan fingerprint density at radius 1 is 1.31 bits per heavy atom. The van der Waals surface area contributed by atoms with Gasteiger partial charge in [0.1, 0.15) is 0 Å². The van der Waals surface area contributed by atoms with Gasteiger partial charge >= 0.3 is 0 Å². The molecule has 0 aromatic carbocycles. The molecule has 0 bridgehead atoms. The van der Waals surface area contributed by atoms with Gasteiger partial charge in [0, 0.05) is 6.61 Å². The van der Waals surface area contributed by atoms with Gasteiger partial charge in [0.25, 0.3) is 0 Å². The molecule has 1 heterocycles. The molecule has 0 aromatic heterocycles. The number of rotatable bonds is 2. The van der Waals surface area contributed by atoms with Gasteiger partial charge in [0.2, 0.25) is 5.91 Å². The monoisotopic (exact) mass is 226 g/mol. The van der Waals surface area contributed by atoms with Crippen LogP contribution in [0.5, 0.6) is 0 Å². The van der Waals surface area contributed by atoms with E-state index in [1.165, 1.54) is 19.3 Å². The number of carbonyl (C=O) groups excluding carboxylic acids is 1. The normalized spacial score (nSPS) is 31.2. The van der Waals surface area contributed by atoms with E-state index in [2.05, 4.69) is 0 Å². The Hall–Kier alpha value is -0.610. The van der Waals surface area contributed by atoms with Crippen molar-refractivity contribution in [2.24, 2.45) is 17.4 Å². The summed E-state index contributed by atoms with van der Waals surface area (Å²) in [6, 6.07) is -0.497. The summed E-state index contributed by atoms with van der Waals surface area (Å²) < 4.78 is 5.96. The molecule has 1 spiro atoms. The predicted octanol–water partition coefficient (Wildman–Crippen LogP) is 0.928. The maximum Gasteiger partial charge on any atom is 0.234 e. The van der Waals surface area contributed by atoms with Crippen LogP contribution in [0.3, 0.4) is 0 Å². The van der Waals surface area contributed by atoms with E-state index in [1.807, 2.05) is 0 Å². The summed E-state index contributed by atoms with van der Waals surface area (Å²) >= 11 is 0. The summed E-state index contributed by atoms with van der Waals surface area (Å²) in [7, 11) is 0. The van der Waals surface area contributed by atoms with Crippen LogP contribution in [-0.4, -0.2) is 24.2 Å². The van der Waals surface area contributed by atoms with Crippen molar-refractivity contribution in [1.29, 1.82) is 0 Å². The fourth-order valence-electron chi connectivity index (χ4n) is 3.15. The van der Waals surface area contributed by atoms with Gasteiger partial charge in [-0.2, -0.15) is 0 Å². The Labute approximate surface area is 96.7 Å². The molecule has 4 N–H and O–H groups in total. The molecule has 1 saturated heterocycles. The Balaban J connectivity index is 2.00. The van der Waals surface area contributed by atoms with E-state index in [0.29, 0.717) is 0 Å². The summed E-state index contributed by atoms with van der Waals surface area (Å²) in [6.45, 7) is 0.728. The molecule has 2 rings (SSSR count). The van der Waals surface area contributed by atoms with Crippen LogP contribution in [0.25, 0.3) is 0 Å². The van der Waals surface area contributed by atoms with Crippen molar-refractivity contribution in [2.75, 3.05) is 6.61 Å². The third kappa shape index (κ3) is 2.38. The average Bonchev–Trinajstić information content (AvgIpc) is 2.29. The van der Waals surface area contributed by atoms with Gasteiger partial charge in [-0.05, 0) is 31.6 Å². The van der Waals surface area contributed by atoms with Crippen molar-refractivity contribution in [2.45, 2.75) is 56.6 Å². The van der Waals surface area contributed by atoms with Crippen LogP contribution in [0.15, 0.2) is 0 Å². The molecule has 0 radical (unpaired) electrons. The van der Waals surface area contributed by atoms with Gasteiger partial charge in [-0.1, -0.05) is 19.3 Å². The van der Waals surface area contributed by atoms with Gasteiger partial charge in [-0.25, -0.2) is 0 Å². The standard InChI is InChI=1S/C12H22N2O2/c13-10(11(14)15)9-4-7-16-12(8-9)5-2-1-3-6-12/h9-10H,1-8,13H2,(H2,14,15). The number of amides is 1. The van der Waals surface area contributed by atoms with Crippen molar-refractivity contribution < 1.29 is 9.53 Å². The van der Waals surface area contributed by atoms with Crippen molar-refractivity contribution in [3.63, 3.8) is 0 Å². The quantitative estimate of drug-likeness (QED) is 0.735. The van der Waals surface area contributed by atoms with Crippen LogP contribution >= 0.6 is 0 Å². The van der Waals surface area contributed by atoms with Gasteiger partial charge in [0.05, 0.1) is 11.6 Å². The van der Waals surface area contributed by atoms with E-state index in [1.54, 1.807) is 0 Å². The fraction of sp³-hybridized carbons (Fsp3) is 0.917. The number of hydrogen-bond acceptors (Lipinski definition) is 3. The largest absolute Gasteiger partial charge is 0.375 e. The van der Waals surface area contributed by atoms with E-state index < -0.39 is 6.04 Å². The third-order valence-electron chi connectivity index (χ3n) is 4.13. The Morgan fingerprint density at radius 3 is 2.62 bits per heavy atom. The van der Waals surface area contributed by atoms with E-state index in [4.69, 9.17) is 16.2 Å². The first-order valence-corrected chi connectivity index (χ1v) is 6.32. The molecule has 4 nitrogen and oxygen atoms in total. The molecule has 2 unspecified atom stereocenters. The lowest BCUT2D eigenvalue weighted by atomic mass is 9.74. The number of nitrogens with two attached hydrogens (primary N) is 2. The predicted molar refractivity (Wildman–Crippen MR) is 61.7 cm³/mol. The SMILES string of the molecule is NC(=O)C(N)C1CCOC2(CCCCC2)C1. The molecule has 2 fully saturated rings. The van der Waals surface area contributed by atoms with Crippen LogP contribution < -0.4 is 11.5 Å². The molecule has 1 amide bonds. The molecule has 16 heavy (non-hydrogen) atoms. The third-order valence-corrected chi connectivity index (χ3v) is 4.13. The van der Waals surface area contributed by atoms with E-state index in [9.17, 15) is 4.79 Å². The number of hydrogen-bond donors (Lipinski definition) is 2. The number of primary amides is 1.